The van der Waals surface area contributed by atoms with Crippen LogP contribution < -0.4 is 5.32 Å². The molecular formula is C12H16BrFN2O3. The van der Waals surface area contributed by atoms with Crippen molar-refractivity contribution in [2.75, 3.05) is 11.9 Å². The third-order valence-electron chi connectivity index (χ3n) is 3.29. The number of nitrogens with one attached hydrogen (secondary N) is 1. The highest BCUT2D eigenvalue weighted by molar-refractivity contribution is 9.10. The standard InChI is InChI=1S/C12H16BrFN2O3/c1-3-12(4-2,7-17)15-10-5-8(13)9(14)6-11(10)16(18)19/h5-6,15,17H,3-4,7H2,1-2H3. The molecule has 1 aromatic carbocycles. The summed E-state index contributed by atoms with van der Waals surface area (Å²) in [5.74, 6) is -0.695. The molecule has 0 saturated heterocycles. The summed E-state index contributed by atoms with van der Waals surface area (Å²) in [6.07, 6.45) is 1.18. The first-order valence-corrected chi connectivity index (χ1v) is 6.71. The number of benzene rings is 1. The van der Waals surface area contributed by atoms with Crippen molar-refractivity contribution >= 4 is 27.3 Å². The highest BCUT2D eigenvalue weighted by Crippen LogP contribution is 2.33. The van der Waals surface area contributed by atoms with Gasteiger partial charge in [-0.05, 0) is 34.8 Å². The third-order valence-corrected chi connectivity index (χ3v) is 3.90. The third kappa shape index (κ3) is 3.42. The average molecular weight is 335 g/mol. The fourth-order valence-corrected chi connectivity index (χ4v) is 2.11. The minimum Gasteiger partial charge on any atom is -0.394 e. The van der Waals surface area contributed by atoms with Crippen LogP contribution in [0.1, 0.15) is 26.7 Å². The van der Waals surface area contributed by atoms with Crippen molar-refractivity contribution < 1.29 is 14.4 Å². The molecule has 0 aliphatic carbocycles. The van der Waals surface area contributed by atoms with Crippen molar-refractivity contribution in [1.82, 2.24) is 0 Å². The zero-order valence-corrected chi connectivity index (χ0v) is 12.3. The molecule has 0 aromatic heterocycles. The summed E-state index contributed by atoms with van der Waals surface area (Å²) in [7, 11) is 0. The minimum absolute atomic E-state index is 0.139. The number of aliphatic hydroxyl groups is 1. The first-order valence-electron chi connectivity index (χ1n) is 5.91. The Hall–Kier alpha value is -1.21. The number of rotatable bonds is 6. The molecule has 0 saturated carbocycles. The first-order chi connectivity index (χ1) is 8.89. The molecular weight excluding hydrogens is 319 g/mol. The van der Waals surface area contributed by atoms with Gasteiger partial charge in [-0.1, -0.05) is 13.8 Å². The fraction of sp³-hybridized carbons (Fsp3) is 0.500. The van der Waals surface area contributed by atoms with Crippen LogP contribution in [0.15, 0.2) is 16.6 Å². The Morgan fingerprint density at radius 1 is 1.47 bits per heavy atom. The lowest BCUT2D eigenvalue weighted by Gasteiger charge is -2.31. The Labute approximate surface area is 119 Å². The lowest BCUT2D eigenvalue weighted by Crippen LogP contribution is -2.41. The van der Waals surface area contributed by atoms with E-state index in [1.54, 1.807) is 0 Å². The predicted octanol–water partition coefficient (Wildman–Crippen LogP) is 3.46. The van der Waals surface area contributed by atoms with Gasteiger partial charge in [0.15, 0.2) is 0 Å². The second-order valence-electron chi connectivity index (χ2n) is 4.31. The summed E-state index contributed by atoms with van der Waals surface area (Å²) in [4.78, 5) is 10.3. The maximum absolute atomic E-state index is 13.4. The minimum atomic E-state index is -0.695. The Balaban J connectivity index is 3.26. The Morgan fingerprint density at radius 2 is 2.05 bits per heavy atom. The van der Waals surface area contributed by atoms with E-state index in [1.165, 1.54) is 6.07 Å². The van der Waals surface area contributed by atoms with Crippen molar-refractivity contribution in [3.63, 3.8) is 0 Å². The lowest BCUT2D eigenvalue weighted by atomic mass is 9.93. The summed E-state index contributed by atoms with van der Waals surface area (Å²) >= 11 is 3.00. The van der Waals surface area contributed by atoms with Gasteiger partial charge in [-0.3, -0.25) is 10.1 Å². The van der Waals surface area contributed by atoms with Crippen LogP contribution in [0.3, 0.4) is 0 Å². The quantitative estimate of drug-likeness (QED) is 0.617. The molecule has 2 N–H and O–H groups in total. The zero-order chi connectivity index (χ0) is 14.6. The molecule has 0 aliphatic heterocycles. The van der Waals surface area contributed by atoms with Gasteiger partial charge in [-0.2, -0.15) is 0 Å². The van der Waals surface area contributed by atoms with Crippen molar-refractivity contribution in [2.24, 2.45) is 0 Å². The van der Waals surface area contributed by atoms with Crippen LogP contribution in [-0.2, 0) is 0 Å². The van der Waals surface area contributed by atoms with Crippen LogP contribution in [0.5, 0.6) is 0 Å². The van der Waals surface area contributed by atoms with E-state index in [2.05, 4.69) is 21.2 Å². The van der Waals surface area contributed by atoms with Crippen LogP contribution in [0.25, 0.3) is 0 Å². The summed E-state index contributed by atoms with van der Waals surface area (Å²) in [6, 6.07) is 2.18. The van der Waals surface area contributed by atoms with Crippen molar-refractivity contribution in [3.05, 3.63) is 32.5 Å². The number of aliphatic hydroxyl groups excluding tert-OH is 1. The molecule has 19 heavy (non-hydrogen) atoms. The summed E-state index contributed by atoms with van der Waals surface area (Å²) < 4.78 is 13.5. The highest BCUT2D eigenvalue weighted by Gasteiger charge is 2.28. The summed E-state index contributed by atoms with van der Waals surface area (Å²) in [6.45, 7) is 3.58. The van der Waals surface area contributed by atoms with Gasteiger partial charge in [0.2, 0.25) is 0 Å². The second-order valence-corrected chi connectivity index (χ2v) is 5.17. The number of hydrogen-bond donors (Lipinski definition) is 2. The van der Waals surface area contributed by atoms with E-state index < -0.39 is 16.3 Å². The molecule has 0 unspecified atom stereocenters. The number of nitro benzene ring substituents is 1. The number of hydrogen-bond acceptors (Lipinski definition) is 4. The van der Waals surface area contributed by atoms with Crippen molar-refractivity contribution in [2.45, 2.75) is 32.2 Å². The van der Waals surface area contributed by atoms with E-state index in [0.29, 0.717) is 12.8 Å². The van der Waals surface area contributed by atoms with Crippen LogP contribution in [0, 0.1) is 15.9 Å². The highest BCUT2D eigenvalue weighted by atomic mass is 79.9. The maximum atomic E-state index is 13.4. The van der Waals surface area contributed by atoms with Crippen LogP contribution >= 0.6 is 15.9 Å². The summed E-state index contributed by atoms with van der Waals surface area (Å²) in [5.41, 5.74) is -0.807. The number of nitrogens with zero attached hydrogens (tertiary/aromatic N) is 1. The van der Waals surface area contributed by atoms with E-state index in [-0.39, 0.29) is 22.5 Å². The van der Waals surface area contributed by atoms with Gasteiger partial charge in [-0.15, -0.1) is 0 Å². The number of anilines is 1. The first kappa shape index (κ1) is 15.8. The Kier molecular flexibility index (Phi) is 5.25. The molecule has 0 radical (unpaired) electrons. The van der Waals surface area contributed by atoms with E-state index in [4.69, 9.17) is 0 Å². The maximum Gasteiger partial charge on any atom is 0.295 e. The molecule has 0 fully saturated rings. The molecule has 0 heterocycles. The van der Waals surface area contributed by atoms with Gasteiger partial charge in [0, 0.05) is 0 Å². The average Bonchev–Trinajstić information content (AvgIpc) is 2.39. The molecule has 0 bridgehead atoms. The number of nitro groups is 1. The van der Waals surface area contributed by atoms with Crippen molar-refractivity contribution in [3.8, 4) is 0 Å². The van der Waals surface area contributed by atoms with E-state index in [1.807, 2.05) is 13.8 Å². The molecule has 0 aliphatic rings. The van der Waals surface area contributed by atoms with E-state index >= 15 is 0 Å². The van der Waals surface area contributed by atoms with Gasteiger partial charge in [0.25, 0.3) is 5.69 Å². The Bertz CT molecular complexity index is 470. The van der Waals surface area contributed by atoms with Crippen molar-refractivity contribution in [1.29, 1.82) is 0 Å². The topological polar surface area (TPSA) is 75.4 Å². The molecule has 0 spiro atoms. The molecule has 5 nitrogen and oxygen atoms in total. The van der Waals surface area contributed by atoms with Gasteiger partial charge in [0.1, 0.15) is 11.5 Å². The number of halogens is 2. The van der Waals surface area contributed by atoms with E-state index in [0.717, 1.165) is 6.07 Å². The molecule has 106 valence electrons. The SMILES string of the molecule is CCC(CC)(CO)Nc1cc(Br)c(F)cc1[N+](=O)[O-]. The monoisotopic (exact) mass is 334 g/mol. The molecule has 1 aromatic rings. The van der Waals surface area contributed by atoms with Crippen LogP contribution in [0.2, 0.25) is 0 Å². The van der Waals surface area contributed by atoms with Gasteiger partial charge in [0.05, 0.1) is 27.6 Å². The lowest BCUT2D eigenvalue weighted by molar-refractivity contribution is -0.384. The molecule has 1 rings (SSSR count). The predicted molar refractivity (Wildman–Crippen MR) is 74.8 cm³/mol. The van der Waals surface area contributed by atoms with Crippen LogP contribution in [0.4, 0.5) is 15.8 Å². The van der Waals surface area contributed by atoms with Gasteiger partial charge < -0.3 is 10.4 Å². The normalized spacial score (nSPS) is 11.4. The second kappa shape index (κ2) is 6.29. The molecule has 0 amide bonds. The van der Waals surface area contributed by atoms with E-state index in [9.17, 15) is 19.6 Å². The molecule has 0 atom stereocenters. The largest absolute Gasteiger partial charge is 0.394 e. The van der Waals surface area contributed by atoms with Gasteiger partial charge in [-0.25, -0.2) is 4.39 Å². The smallest absolute Gasteiger partial charge is 0.295 e. The Morgan fingerprint density at radius 3 is 2.47 bits per heavy atom. The zero-order valence-electron chi connectivity index (χ0n) is 10.7. The summed E-state index contributed by atoms with van der Waals surface area (Å²) in [5, 5.41) is 23.4. The van der Waals surface area contributed by atoms with Crippen LogP contribution in [-0.4, -0.2) is 22.2 Å². The fourth-order valence-electron chi connectivity index (χ4n) is 1.76. The van der Waals surface area contributed by atoms with Gasteiger partial charge >= 0.3 is 0 Å². The molecule has 7 heteroatoms.